The van der Waals surface area contributed by atoms with E-state index in [1.54, 1.807) is 0 Å². The van der Waals surface area contributed by atoms with Crippen LogP contribution in [0, 0.1) is 0 Å². The van der Waals surface area contributed by atoms with Gasteiger partial charge in [0.15, 0.2) is 0 Å². The summed E-state index contributed by atoms with van der Waals surface area (Å²) in [5, 5.41) is 6.64. The van der Waals surface area contributed by atoms with Gasteiger partial charge in [0.25, 0.3) is 0 Å². The Balaban J connectivity index is 3.64. The van der Waals surface area contributed by atoms with E-state index in [-0.39, 0.29) is 0 Å². The molecule has 2 atom stereocenters. The summed E-state index contributed by atoms with van der Waals surface area (Å²) in [6.07, 6.45) is 0. The highest BCUT2D eigenvalue weighted by Crippen LogP contribution is 2.08. The van der Waals surface area contributed by atoms with Crippen LogP contribution in [-0.2, 0) is 4.79 Å². The predicted octanol–water partition coefficient (Wildman–Crippen LogP) is 1.31. The van der Waals surface area contributed by atoms with Gasteiger partial charge in [0.1, 0.15) is 5.38 Å². The highest BCUT2D eigenvalue weighted by atomic mass is 35.5. The fourth-order valence-electron chi connectivity index (χ4n) is 0.196. The molecule has 2 unspecified atom stereocenters. The van der Waals surface area contributed by atoms with Crippen LogP contribution in [-0.4, -0.2) is 21.8 Å². The number of rotatable bonds is 2. The van der Waals surface area contributed by atoms with Crippen LogP contribution < -0.4 is 0 Å². The molecule has 0 aliphatic carbocycles. The Morgan fingerprint density at radius 1 is 1.62 bits per heavy atom. The van der Waals surface area contributed by atoms with Gasteiger partial charge in [0, 0.05) is 0 Å². The van der Waals surface area contributed by atoms with Crippen molar-refractivity contribution in [2.75, 3.05) is 0 Å². The number of carboxylic acid groups (broad SMARTS) is 1. The highest BCUT2D eigenvalue weighted by molar-refractivity contribution is 6.36. The van der Waals surface area contributed by atoms with Crippen LogP contribution in [0.4, 0.5) is 0 Å². The van der Waals surface area contributed by atoms with Gasteiger partial charge in [0.2, 0.25) is 0 Å². The summed E-state index contributed by atoms with van der Waals surface area (Å²) in [6, 6.07) is 0. The van der Waals surface area contributed by atoms with Crippen LogP contribution >= 0.6 is 23.2 Å². The third-order valence-corrected chi connectivity index (χ3v) is 1.58. The molecule has 0 radical (unpaired) electrons. The van der Waals surface area contributed by atoms with E-state index >= 15 is 0 Å². The van der Waals surface area contributed by atoms with Crippen LogP contribution in [0.5, 0.6) is 0 Å². The maximum atomic E-state index is 9.92. The number of alkyl halides is 2. The van der Waals surface area contributed by atoms with Gasteiger partial charge in [-0.15, -0.1) is 23.2 Å². The van der Waals surface area contributed by atoms with E-state index in [1.165, 1.54) is 6.92 Å². The molecule has 0 heterocycles. The summed E-state index contributed by atoms with van der Waals surface area (Å²) in [4.78, 5) is 9.92. The number of carboxylic acids is 1. The first-order valence-corrected chi connectivity index (χ1v) is 2.94. The van der Waals surface area contributed by atoms with Crippen molar-refractivity contribution in [1.82, 2.24) is 0 Å². The quantitative estimate of drug-likeness (QED) is 0.613. The molecule has 2 nitrogen and oxygen atoms in total. The molecule has 0 aliphatic heterocycles. The lowest BCUT2D eigenvalue weighted by atomic mass is 10.3. The largest absolute Gasteiger partial charge is 0.480 e. The van der Waals surface area contributed by atoms with E-state index in [4.69, 9.17) is 28.3 Å². The Labute approximate surface area is 57.4 Å². The fourth-order valence-corrected chi connectivity index (χ4v) is 0.304. The Bertz CT molecular complexity index is 92.0. The molecule has 48 valence electrons. The van der Waals surface area contributed by atoms with E-state index in [2.05, 4.69) is 0 Å². The molecule has 0 saturated carbocycles. The Kier molecular flexibility index (Phi) is 3.17. The summed E-state index contributed by atoms with van der Waals surface area (Å²) in [5.74, 6) is -1.07. The second-order valence-electron chi connectivity index (χ2n) is 1.42. The zero-order chi connectivity index (χ0) is 6.73. The maximum absolute atomic E-state index is 9.92. The van der Waals surface area contributed by atoms with Crippen molar-refractivity contribution in [3.63, 3.8) is 0 Å². The van der Waals surface area contributed by atoms with Crippen molar-refractivity contribution in [1.29, 1.82) is 0 Å². The van der Waals surface area contributed by atoms with Gasteiger partial charge in [-0.3, -0.25) is 4.79 Å². The molecule has 0 aliphatic rings. The third-order valence-electron chi connectivity index (χ3n) is 0.639. The Morgan fingerprint density at radius 3 is 2.00 bits per heavy atom. The summed E-state index contributed by atoms with van der Waals surface area (Å²) >= 11 is 10.5. The molecule has 0 aromatic carbocycles. The SMILES string of the molecule is CC(Cl)C(Cl)C(=O)O. The lowest BCUT2D eigenvalue weighted by molar-refractivity contribution is -0.136. The molecular formula is C4H6Cl2O2. The second-order valence-corrected chi connectivity index (χ2v) is 2.58. The smallest absolute Gasteiger partial charge is 0.323 e. The molecule has 0 bridgehead atoms. The van der Waals surface area contributed by atoms with Crippen molar-refractivity contribution in [3.05, 3.63) is 0 Å². The molecule has 0 saturated heterocycles. The second kappa shape index (κ2) is 3.15. The summed E-state index contributed by atoms with van der Waals surface area (Å²) in [6.45, 7) is 1.54. The van der Waals surface area contributed by atoms with Gasteiger partial charge >= 0.3 is 5.97 Å². The highest BCUT2D eigenvalue weighted by Gasteiger charge is 2.18. The Morgan fingerprint density at radius 2 is 2.00 bits per heavy atom. The van der Waals surface area contributed by atoms with Crippen molar-refractivity contribution in [3.8, 4) is 0 Å². The van der Waals surface area contributed by atoms with Gasteiger partial charge in [0.05, 0.1) is 5.38 Å². The maximum Gasteiger partial charge on any atom is 0.323 e. The number of carbonyl (C=O) groups is 1. The predicted molar refractivity (Wildman–Crippen MR) is 32.6 cm³/mol. The van der Waals surface area contributed by atoms with Crippen molar-refractivity contribution < 1.29 is 9.90 Å². The minimum Gasteiger partial charge on any atom is -0.480 e. The first-order chi connectivity index (χ1) is 3.55. The number of halogens is 2. The molecule has 0 spiro atoms. The van der Waals surface area contributed by atoms with Crippen LogP contribution in [0.1, 0.15) is 6.92 Å². The number of hydrogen-bond acceptors (Lipinski definition) is 1. The zero-order valence-electron chi connectivity index (χ0n) is 4.27. The van der Waals surface area contributed by atoms with E-state index < -0.39 is 16.7 Å². The molecule has 8 heavy (non-hydrogen) atoms. The van der Waals surface area contributed by atoms with Gasteiger partial charge in [-0.1, -0.05) is 0 Å². The number of aliphatic carboxylic acids is 1. The normalized spacial score (nSPS) is 17.4. The van der Waals surface area contributed by atoms with E-state index in [1.807, 2.05) is 0 Å². The average Bonchev–Trinajstić information content (AvgIpc) is 1.64. The van der Waals surface area contributed by atoms with Crippen molar-refractivity contribution >= 4 is 29.2 Å². The topological polar surface area (TPSA) is 37.3 Å². The number of hydrogen-bond donors (Lipinski definition) is 1. The lowest BCUT2D eigenvalue weighted by Gasteiger charge is -2.03. The first kappa shape index (κ1) is 8.05. The monoisotopic (exact) mass is 156 g/mol. The molecule has 1 N–H and O–H groups in total. The summed E-state index contributed by atoms with van der Waals surface area (Å²) in [7, 11) is 0. The fraction of sp³-hybridized carbons (Fsp3) is 0.750. The van der Waals surface area contributed by atoms with Crippen molar-refractivity contribution in [2.24, 2.45) is 0 Å². The summed E-state index contributed by atoms with van der Waals surface area (Å²) in [5.41, 5.74) is 0. The third kappa shape index (κ3) is 2.38. The minimum absolute atomic E-state index is 0.519. The van der Waals surface area contributed by atoms with E-state index in [0.717, 1.165) is 0 Å². The van der Waals surface area contributed by atoms with E-state index in [0.29, 0.717) is 0 Å². The molecular weight excluding hydrogens is 151 g/mol. The van der Waals surface area contributed by atoms with Gasteiger partial charge in [-0.2, -0.15) is 0 Å². The molecule has 0 amide bonds. The minimum atomic E-state index is -1.07. The van der Waals surface area contributed by atoms with Crippen LogP contribution in [0.25, 0.3) is 0 Å². The van der Waals surface area contributed by atoms with Crippen LogP contribution in [0.3, 0.4) is 0 Å². The average molecular weight is 157 g/mol. The molecule has 0 fully saturated rings. The zero-order valence-corrected chi connectivity index (χ0v) is 5.78. The van der Waals surface area contributed by atoms with Gasteiger partial charge in [-0.25, -0.2) is 0 Å². The Hall–Kier alpha value is 0.0500. The molecule has 4 heteroatoms. The van der Waals surface area contributed by atoms with E-state index in [9.17, 15) is 4.79 Å². The van der Waals surface area contributed by atoms with Crippen LogP contribution in [0.15, 0.2) is 0 Å². The standard InChI is InChI=1S/C4H6Cl2O2/c1-2(5)3(6)4(7)8/h2-3H,1H3,(H,7,8). The molecule has 0 aromatic heterocycles. The molecule has 0 aromatic rings. The van der Waals surface area contributed by atoms with Crippen LogP contribution in [0.2, 0.25) is 0 Å². The first-order valence-electron chi connectivity index (χ1n) is 2.06. The molecule has 0 rings (SSSR count). The van der Waals surface area contributed by atoms with Crippen molar-refractivity contribution in [2.45, 2.75) is 17.7 Å². The van der Waals surface area contributed by atoms with Gasteiger partial charge in [-0.05, 0) is 6.92 Å². The summed E-state index contributed by atoms with van der Waals surface area (Å²) < 4.78 is 0. The van der Waals surface area contributed by atoms with Gasteiger partial charge < -0.3 is 5.11 Å². The lowest BCUT2D eigenvalue weighted by Crippen LogP contribution is -2.21.